The van der Waals surface area contributed by atoms with E-state index < -0.39 is 30.0 Å². The molecule has 94 valence electrons. The maximum absolute atomic E-state index is 12.9. The summed E-state index contributed by atoms with van der Waals surface area (Å²) >= 11 is 0. The Labute approximate surface area is 94.2 Å². The van der Waals surface area contributed by atoms with Gasteiger partial charge in [-0.25, -0.2) is 8.78 Å². The van der Waals surface area contributed by atoms with Crippen LogP contribution >= 0.6 is 0 Å². The van der Waals surface area contributed by atoms with Gasteiger partial charge in [0, 0.05) is 0 Å². The molecule has 0 saturated heterocycles. The molecule has 17 heavy (non-hydrogen) atoms. The molecule has 1 aromatic rings. The van der Waals surface area contributed by atoms with Crippen LogP contribution in [0.25, 0.3) is 0 Å². The Morgan fingerprint density at radius 3 is 2.41 bits per heavy atom. The molecule has 0 bridgehead atoms. The third-order valence-corrected chi connectivity index (χ3v) is 2.00. The molecule has 0 radical (unpaired) electrons. The van der Waals surface area contributed by atoms with Gasteiger partial charge in [0.05, 0.1) is 12.2 Å². The van der Waals surface area contributed by atoms with Crippen LogP contribution in [0.1, 0.15) is 11.1 Å². The van der Waals surface area contributed by atoms with Gasteiger partial charge >= 0.3 is 6.18 Å². The van der Waals surface area contributed by atoms with Crippen molar-refractivity contribution in [2.24, 2.45) is 0 Å². The van der Waals surface area contributed by atoms with Crippen molar-refractivity contribution < 1.29 is 27.1 Å². The lowest BCUT2D eigenvalue weighted by molar-refractivity contribution is -0.137. The highest BCUT2D eigenvalue weighted by atomic mass is 19.4. The van der Waals surface area contributed by atoms with Crippen molar-refractivity contribution >= 4 is 0 Å². The molecule has 0 fully saturated rings. The third kappa shape index (κ3) is 4.14. The molecule has 0 atom stereocenters. The summed E-state index contributed by atoms with van der Waals surface area (Å²) < 4.78 is 62.4. The van der Waals surface area contributed by atoms with E-state index in [1.807, 2.05) is 0 Å². The Balaban J connectivity index is 2.98. The first-order chi connectivity index (χ1) is 7.82. The van der Waals surface area contributed by atoms with E-state index in [0.29, 0.717) is 6.07 Å². The van der Waals surface area contributed by atoms with Gasteiger partial charge in [-0.2, -0.15) is 13.2 Å². The van der Waals surface area contributed by atoms with Gasteiger partial charge < -0.3 is 5.11 Å². The summed E-state index contributed by atoms with van der Waals surface area (Å²) in [5.74, 6) is -1.91. The molecule has 1 rings (SSSR count). The van der Waals surface area contributed by atoms with Gasteiger partial charge in [-0.05, 0) is 36.3 Å². The topological polar surface area (TPSA) is 20.2 Å². The van der Waals surface area contributed by atoms with Crippen LogP contribution in [0.4, 0.5) is 22.0 Å². The fraction of sp³-hybridized carbons (Fsp3) is 0.273. The van der Waals surface area contributed by atoms with Crippen molar-refractivity contribution in [3.8, 4) is 0 Å². The number of aliphatic hydroxyl groups is 1. The quantitative estimate of drug-likeness (QED) is 0.819. The van der Waals surface area contributed by atoms with Crippen molar-refractivity contribution in [1.29, 1.82) is 0 Å². The van der Waals surface area contributed by atoms with Gasteiger partial charge in [-0.3, -0.25) is 0 Å². The van der Waals surface area contributed by atoms with Gasteiger partial charge in [-0.1, -0.05) is 0 Å². The van der Waals surface area contributed by atoms with E-state index >= 15 is 0 Å². The SMILES string of the molecule is OCC(F)=CCc1cc(F)cc(C(F)(F)F)c1. The standard InChI is InChI=1S/C11H9F5O/c12-9(6-17)2-1-7-3-8(11(14,15)16)5-10(13)4-7/h2-5,17H,1,6H2. The Hall–Kier alpha value is -1.43. The van der Waals surface area contributed by atoms with Crippen LogP contribution in [0.2, 0.25) is 0 Å². The van der Waals surface area contributed by atoms with Crippen molar-refractivity contribution in [2.45, 2.75) is 12.6 Å². The smallest absolute Gasteiger partial charge is 0.389 e. The van der Waals surface area contributed by atoms with Crippen LogP contribution in [0.3, 0.4) is 0 Å². The fourth-order valence-corrected chi connectivity index (χ4v) is 1.23. The Morgan fingerprint density at radius 1 is 1.24 bits per heavy atom. The number of alkyl halides is 3. The molecular weight excluding hydrogens is 243 g/mol. The maximum Gasteiger partial charge on any atom is 0.416 e. The monoisotopic (exact) mass is 252 g/mol. The first-order valence-electron chi connectivity index (χ1n) is 4.65. The average Bonchev–Trinajstić information content (AvgIpc) is 2.24. The molecule has 0 saturated carbocycles. The second-order valence-corrected chi connectivity index (χ2v) is 3.36. The molecule has 0 spiro atoms. The number of rotatable bonds is 3. The molecular formula is C11H9F5O. The zero-order valence-corrected chi connectivity index (χ0v) is 8.56. The molecule has 0 heterocycles. The fourth-order valence-electron chi connectivity index (χ4n) is 1.23. The summed E-state index contributed by atoms with van der Waals surface area (Å²) in [7, 11) is 0. The third-order valence-electron chi connectivity index (χ3n) is 2.00. The minimum atomic E-state index is -4.64. The van der Waals surface area contributed by atoms with E-state index in [1.165, 1.54) is 0 Å². The summed E-state index contributed by atoms with van der Waals surface area (Å²) in [6.07, 6.45) is -3.96. The summed E-state index contributed by atoms with van der Waals surface area (Å²) in [5, 5.41) is 8.35. The molecule has 0 amide bonds. The predicted molar refractivity (Wildman–Crippen MR) is 51.4 cm³/mol. The molecule has 1 N–H and O–H groups in total. The maximum atomic E-state index is 12.9. The Kier molecular flexibility index (Phi) is 4.22. The van der Waals surface area contributed by atoms with Gasteiger partial charge in [-0.15, -0.1) is 0 Å². The number of aliphatic hydroxyl groups excluding tert-OH is 1. The van der Waals surface area contributed by atoms with Crippen molar-refractivity contribution in [1.82, 2.24) is 0 Å². The van der Waals surface area contributed by atoms with Crippen LogP contribution in [-0.2, 0) is 12.6 Å². The lowest BCUT2D eigenvalue weighted by atomic mass is 10.1. The zero-order valence-electron chi connectivity index (χ0n) is 8.56. The van der Waals surface area contributed by atoms with Gasteiger partial charge in [0.25, 0.3) is 0 Å². The number of benzene rings is 1. The lowest BCUT2D eigenvalue weighted by Gasteiger charge is -2.08. The normalized spacial score (nSPS) is 12.9. The van der Waals surface area contributed by atoms with Crippen LogP contribution in [0.5, 0.6) is 0 Å². The number of allylic oxidation sites excluding steroid dienone is 1. The first kappa shape index (κ1) is 13.6. The summed E-state index contributed by atoms with van der Waals surface area (Å²) in [6, 6.07) is 2.00. The highest BCUT2D eigenvalue weighted by Crippen LogP contribution is 2.30. The highest BCUT2D eigenvalue weighted by molar-refractivity contribution is 5.28. The molecule has 0 aliphatic heterocycles. The van der Waals surface area contributed by atoms with E-state index in [-0.39, 0.29) is 12.0 Å². The van der Waals surface area contributed by atoms with Crippen LogP contribution in [-0.4, -0.2) is 11.7 Å². The number of hydrogen-bond acceptors (Lipinski definition) is 1. The number of halogens is 5. The minimum absolute atomic E-state index is 0.0130. The van der Waals surface area contributed by atoms with Crippen LogP contribution in [0, 0.1) is 5.82 Å². The lowest BCUT2D eigenvalue weighted by Crippen LogP contribution is -2.06. The largest absolute Gasteiger partial charge is 0.416 e. The minimum Gasteiger partial charge on any atom is -0.389 e. The second kappa shape index (κ2) is 5.27. The van der Waals surface area contributed by atoms with Crippen molar-refractivity contribution in [3.05, 3.63) is 47.0 Å². The summed E-state index contributed by atoms with van der Waals surface area (Å²) in [4.78, 5) is 0. The Bertz CT molecular complexity index is 422. The molecule has 6 heteroatoms. The van der Waals surface area contributed by atoms with Crippen LogP contribution in [0.15, 0.2) is 30.1 Å². The van der Waals surface area contributed by atoms with E-state index in [9.17, 15) is 22.0 Å². The summed E-state index contributed by atoms with van der Waals surface area (Å²) in [6.45, 7) is -0.832. The van der Waals surface area contributed by atoms with Gasteiger partial charge in [0.15, 0.2) is 0 Å². The second-order valence-electron chi connectivity index (χ2n) is 3.36. The van der Waals surface area contributed by atoms with E-state index in [4.69, 9.17) is 5.11 Å². The van der Waals surface area contributed by atoms with E-state index in [2.05, 4.69) is 0 Å². The Morgan fingerprint density at radius 2 is 1.88 bits per heavy atom. The molecule has 0 unspecified atom stereocenters. The molecule has 0 aromatic heterocycles. The molecule has 1 aromatic carbocycles. The van der Waals surface area contributed by atoms with E-state index in [0.717, 1.165) is 18.2 Å². The van der Waals surface area contributed by atoms with Gasteiger partial charge in [0.1, 0.15) is 11.6 Å². The molecule has 0 aliphatic carbocycles. The van der Waals surface area contributed by atoms with Crippen molar-refractivity contribution in [3.63, 3.8) is 0 Å². The average molecular weight is 252 g/mol. The summed E-state index contributed by atoms with van der Waals surface area (Å²) in [5.41, 5.74) is -1.13. The van der Waals surface area contributed by atoms with Gasteiger partial charge in [0.2, 0.25) is 0 Å². The molecule has 1 nitrogen and oxygen atoms in total. The predicted octanol–water partition coefficient (Wildman–Crippen LogP) is 3.23. The molecule has 0 aliphatic rings. The van der Waals surface area contributed by atoms with Crippen molar-refractivity contribution in [2.75, 3.05) is 6.61 Å². The first-order valence-corrected chi connectivity index (χ1v) is 4.65. The zero-order chi connectivity index (χ0) is 13.1. The number of hydrogen-bond donors (Lipinski definition) is 1. The van der Waals surface area contributed by atoms with E-state index in [1.54, 1.807) is 0 Å². The van der Waals surface area contributed by atoms with Crippen LogP contribution < -0.4 is 0 Å². The highest BCUT2D eigenvalue weighted by Gasteiger charge is 2.31.